The van der Waals surface area contributed by atoms with Gasteiger partial charge in [-0.1, -0.05) is 31.0 Å². The summed E-state index contributed by atoms with van der Waals surface area (Å²) in [6, 6.07) is 9.45. The first-order valence-electron chi connectivity index (χ1n) is 7.42. The number of benzene rings is 1. The highest BCUT2D eigenvalue weighted by Gasteiger charge is 2.28. The van der Waals surface area contributed by atoms with E-state index in [4.69, 9.17) is 10.5 Å². The molecule has 0 radical (unpaired) electrons. The van der Waals surface area contributed by atoms with Crippen LogP contribution in [0.25, 0.3) is 0 Å². The Morgan fingerprint density at radius 2 is 2.05 bits per heavy atom. The Labute approximate surface area is 120 Å². The summed E-state index contributed by atoms with van der Waals surface area (Å²) in [6.45, 7) is 2.44. The van der Waals surface area contributed by atoms with Gasteiger partial charge in [0.2, 0.25) is 0 Å². The lowest BCUT2D eigenvalue weighted by Gasteiger charge is -2.32. The second-order valence-electron chi connectivity index (χ2n) is 5.45. The van der Waals surface area contributed by atoms with Crippen molar-refractivity contribution in [1.29, 1.82) is 0 Å². The highest BCUT2D eigenvalue weighted by atomic mass is 16.5. The standard InChI is InChI=1S/C16H24N2O2/c1-12(16(19)18-14-8-3-2-4-9-14)20-15-10-6-5-7-13(15)11-17/h2-4,8-9,12-13,15H,5-7,10-11,17H2,1H3,(H,18,19). The molecule has 0 spiro atoms. The fraction of sp³-hybridized carbons (Fsp3) is 0.562. The van der Waals surface area contributed by atoms with Crippen LogP contribution in [-0.4, -0.2) is 24.7 Å². The fourth-order valence-corrected chi connectivity index (χ4v) is 2.71. The number of anilines is 1. The highest BCUT2D eigenvalue weighted by molar-refractivity contribution is 5.93. The quantitative estimate of drug-likeness (QED) is 0.868. The molecule has 3 unspecified atom stereocenters. The first-order chi connectivity index (χ1) is 9.70. The molecule has 0 aliphatic heterocycles. The minimum absolute atomic E-state index is 0.0995. The van der Waals surface area contributed by atoms with Crippen molar-refractivity contribution in [1.82, 2.24) is 0 Å². The topological polar surface area (TPSA) is 64.3 Å². The number of rotatable bonds is 5. The zero-order chi connectivity index (χ0) is 14.4. The van der Waals surface area contributed by atoms with Gasteiger partial charge in [-0.05, 0) is 44.4 Å². The minimum Gasteiger partial charge on any atom is -0.365 e. The second-order valence-corrected chi connectivity index (χ2v) is 5.45. The van der Waals surface area contributed by atoms with Crippen LogP contribution in [0.5, 0.6) is 0 Å². The smallest absolute Gasteiger partial charge is 0.253 e. The van der Waals surface area contributed by atoms with Gasteiger partial charge in [0, 0.05) is 5.69 Å². The first kappa shape index (κ1) is 15.0. The fourth-order valence-electron chi connectivity index (χ4n) is 2.71. The molecule has 1 amide bonds. The van der Waals surface area contributed by atoms with Crippen LogP contribution >= 0.6 is 0 Å². The number of hydrogen-bond donors (Lipinski definition) is 2. The van der Waals surface area contributed by atoms with E-state index in [2.05, 4.69) is 5.32 Å². The Kier molecular flexibility index (Phi) is 5.56. The van der Waals surface area contributed by atoms with Gasteiger partial charge in [0.1, 0.15) is 6.10 Å². The van der Waals surface area contributed by atoms with E-state index >= 15 is 0 Å². The van der Waals surface area contributed by atoms with Gasteiger partial charge in [-0.15, -0.1) is 0 Å². The normalized spacial score (nSPS) is 24.1. The SMILES string of the molecule is CC(OC1CCCCC1CN)C(=O)Nc1ccccc1. The van der Waals surface area contributed by atoms with Crippen molar-refractivity contribution in [3.63, 3.8) is 0 Å². The molecule has 1 fully saturated rings. The molecule has 0 bridgehead atoms. The first-order valence-corrected chi connectivity index (χ1v) is 7.42. The molecule has 2 rings (SSSR count). The summed E-state index contributed by atoms with van der Waals surface area (Å²) in [5.41, 5.74) is 6.59. The third-order valence-corrected chi connectivity index (χ3v) is 3.93. The Morgan fingerprint density at radius 1 is 1.35 bits per heavy atom. The summed E-state index contributed by atoms with van der Waals surface area (Å²) >= 11 is 0. The highest BCUT2D eigenvalue weighted by Crippen LogP contribution is 2.27. The van der Waals surface area contributed by atoms with Gasteiger partial charge in [-0.3, -0.25) is 4.79 Å². The van der Waals surface area contributed by atoms with Crippen LogP contribution in [-0.2, 0) is 9.53 Å². The Bertz CT molecular complexity index is 422. The van der Waals surface area contributed by atoms with Gasteiger partial charge in [0.05, 0.1) is 6.10 Å². The molecule has 4 heteroatoms. The van der Waals surface area contributed by atoms with Crippen LogP contribution in [0.4, 0.5) is 5.69 Å². The minimum atomic E-state index is -0.452. The van der Waals surface area contributed by atoms with Gasteiger partial charge < -0.3 is 15.8 Å². The van der Waals surface area contributed by atoms with Gasteiger partial charge >= 0.3 is 0 Å². The van der Waals surface area contributed by atoms with E-state index in [0.717, 1.165) is 24.9 Å². The van der Waals surface area contributed by atoms with E-state index in [-0.39, 0.29) is 12.0 Å². The molecular weight excluding hydrogens is 252 g/mol. The predicted octanol–water partition coefficient (Wildman–Crippen LogP) is 2.55. The molecule has 4 nitrogen and oxygen atoms in total. The molecule has 0 aromatic heterocycles. The number of amides is 1. The van der Waals surface area contributed by atoms with E-state index < -0.39 is 6.10 Å². The number of nitrogens with two attached hydrogens (primary N) is 1. The molecule has 1 aromatic carbocycles. The van der Waals surface area contributed by atoms with Gasteiger partial charge in [-0.2, -0.15) is 0 Å². The number of carbonyl (C=O) groups is 1. The maximum atomic E-state index is 12.1. The molecular formula is C16H24N2O2. The van der Waals surface area contributed by atoms with Crippen molar-refractivity contribution < 1.29 is 9.53 Å². The van der Waals surface area contributed by atoms with E-state index in [1.54, 1.807) is 6.92 Å². The number of para-hydroxylation sites is 1. The number of carbonyl (C=O) groups excluding carboxylic acids is 1. The van der Waals surface area contributed by atoms with E-state index in [1.165, 1.54) is 6.42 Å². The molecule has 20 heavy (non-hydrogen) atoms. The van der Waals surface area contributed by atoms with Gasteiger partial charge in [0.15, 0.2) is 0 Å². The zero-order valence-corrected chi connectivity index (χ0v) is 12.0. The number of nitrogens with one attached hydrogen (secondary N) is 1. The van der Waals surface area contributed by atoms with E-state index in [1.807, 2.05) is 30.3 Å². The van der Waals surface area contributed by atoms with Gasteiger partial charge in [0.25, 0.3) is 5.91 Å². The third-order valence-electron chi connectivity index (χ3n) is 3.93. The lowest BCUT2D eigenvalue weighted by molar-refractivity contribution is -0.133. The predicted molar refractivity (Wildman–Crippen MR) is 80.4 cm³/mol. The van der Waals surface area contributed by atoms with Crippen molar-refractivity contribution in [2.75, 3.05) is 11.9 Å². The summed E-state index contributed by atoms with van der Waals surface area (Å²) in [5.74, 6) is 0.285. The van der Waals surface area contributed by atoms with Gasteiger partial charge in [-0.25, -0.2) is 0 Å². The monoisotopic (exact) mass is 276 g/mol. The van der Waals surface area contributed by atoms with E-state index in [0.29, 0.717) is 12.5 Å². The van der Waals surface area contributed by atoms with Crippen LogP contribution in [0.1, 0.15) is 32.6 Å². The summed E-state index contributed by atoms with van der Waals surface area (Å²) in [4.78, 5) is 12.1. The summed E-state index contributed by atoms with van der Waals surface area (Å²) in [5, 5.41) is 2.87. The summed E-state index contributed by atoms with van der Waals surface area (Å²) in [7, 11) is 0. The Hall–Kier alpha value is -1.39. The molecule has 110 valence electrons. The maximum Gasteiger partial charge on any atom is 0.253 e. The molecule has 3 atom stereocenters. The summed E-state index contributed by atoms with van der Waals surface area (Å²) < 4.78 is 5.94. The lowest BCUT2D eigenvalue weighted by Crippen LogP contribution is -2.39. The average molecular weight is 276 g/mol. The third kappa shape index (κ3) is 4.05. The molecule has 0 heterocycles. The van der Waals surface area contributed by atoms with Crippen LogP contribution in [0.2, 0.25) is 0 Å². The van der Waals surface area contributed by atoms with Crippen molar-refractivity contribution >= 4 is 11.6 Å². The van der Waals surface area contributed by atoms with Crippen LogP contribution < -0.4 is 11.1 Å². The Balaban J connectivity index is 1.87. The molecule has 1 aliphatic carbocycles. The average Bonchev–Trinajstić information content (AvgIpc) is 2.48. The summed E-state index contributed by atoms with van der Waals surface area (Å²) in [6.07, 6.45) is 4.15. The molecule has 1 aliphatic rings. The van der Waals surface area contributed by atoms with Crippen molar-refractivity contribution in [2.45, 2.75) is 44.8 Å². The number of hydrogen-bond acceptors (Lipinski definition) is 3. The van der Waals surface area contributed by atoms with E-state index in [9.17, 15) is 4.79 Å². The molecule has 1 saturated carbocycles. The zero-order valence-electron chi connectivity index (χ0n) is 12.0. The van der Waals surface area contributed by atoms with Crippen molar-refractivity contribution in [3.8, 4) is 0 Å². The molecule has 1 aromatic rings. The van der Waals surface area contributed by atoms with Crippen LogP contribution in [0.3, 0.4) is 0 Å². The lowest BCUT2D eigenvalue weighted by atomic mass is 9.86. The van der Waals surface area contributed by atoms with Crippen LogP contribution in [0, 0.1) is 5.92 Å². The van der Waals surface area contributed by atoms with Crippen molar-refractivity contribution in [2.24, 2.45) is 11.7 Å². The molecule has 3 N–H and O–H groups in total. The van der Waals surface area contributed by atoms with Crippen LogP contribution in [0.15, 0.2) is 30.3 Å². The van der Waals surface area contributed by atoms with Crippen molar-refractivity contribution in [3.05, 3.63) is 30.3 Å². The number of ether oxygens (including phenoxy) is 1. The Morgan fingerprint density at radius 3 is 2.75 bits per heavy atom. The molecule has 0 saturated heterocycles. The maximum absolute atomic E-state index is 12.1. The largest absolute Gasteiger partial charge is 0.365 e. The second kappa shape index (κ2) is 7.41.